The van der Waals surface area contributed by atoms with Crippen LogP contribution in [-0.4, -0.2) is 37.3 Å². The minimum Gasteiger partial charge on any atom is -0.496 e. The van der Waals surface area contributed by atoms with Crippen LogP contribution in [0.15, 0.2) is 23.1 Å². The van der Waals surface area contributed by atoms with Gasteiger partial charge in [0.05, 0.1) is 12.7 Å². The van der Waals surface area contributed by atoms with Crippen molar-refractivity contribution < 1.29 is 9.53 Å². The molecule has 110 valence electrons. The second kappa shape index (κ2) is 6.53. The molecule has 0 saturated carbocycles. The molecule has 2 unspecified atom stereocenters. The number of rotatable bonds is 3. The Balaban J connectivity index is 2.24. The summed E-state index contributed by atoms with van der Waals surface area (Å²) < 4.78 is 5.39. The van der Waals surface area contributed by atoms with Crippen molar-refractivity contribution in [2.45, 2.75) is 25.2 Å². The quantitative estimate of drug-likeness (QED) is 0.798. The molecule has 0 aromatic heterocycles. The highest BCUT2D eigenvalue weighted by Gasteiger charge is 2.27. The first-order chi connectivity index (χ1) is 9.55. The average molecular weight is 293 g/mol. The van der Waals surface area contributed by atoms with Crippen molar-refractivity contribution >= 4 is 17.7 Å². The Hall–Kier alpha value is -1.16. The van der Waals surface area contributed by atoms with Gasteiger partial charge in [0.1, 0.15) is 5.75 Å². The molecule has 0 bridgehead atoms. The first kappa shape index (κ1) is 15.2. The van der Waals surface area contributed by atoms with E-state index >= 15 is 0 Å². The average Bonchev–Trinajstić information content (AvgIpc) is 2.44. The van der Waals surface area contributed by atoms with E-state index in [9.17, 15) is 4.79 Å². The van der Waals surface area contributed by atoms with Gasteiger partial charge in [-0.1, -0.05) is 13.8 Å². The van der Waals surface area contributed by atoms with Gasteiger partial charge in [0.15, 0.2) is 0 Å². The number of hydrogen-bond donors (Lipinski definition) is 0. The highest BCUT2D eigenvalue weighted by molar-refractivity contribution is 7.98. The van der Waals surface area contributed by atoms with Crippen LogP contribution in [0.3, 0.4) is 0 Å². The molecule has 0 radical (unpaired) electrons. The van der Waals surface area contributed by atoms with Gasteiger partial charge in [-0.25, -0.2) is 0 Å². The SMILES string of the molecule is COc1cc(SC)ccc1C(=O)N1CC(C)CC(C)C1. The van der Waals surface area contributed by atoms with Gasteiger partial charge < -0.3 is 9.64 Å². The molecule has 1 fully saturated rings. The highest BCUT2D eigenvalue weighted by atomic mass is 32.2. The van der Waals surface area contributed by atoms with Gasteiger partial charge in [-0.3, -0.25) is 4.79 Å². The minimum absolute atomic E-state index is 0.0907. The maximum atomic E-state index is 12.7. The third-order valence-corrected chi connectivity index (χ3v) is 4.52. The summed E-state index contributed by atoms with van der Waals surface area (Å²) in [6.45, 7) is 6.11. The first-order valence-electron chi connectivity index (χ1n) is 7.06. The Bertz CT molecular complexity index is 479. The van der Waals surface area contributed by atoms with Crippen molar-refractivity contribution in [1.82, 2.24) is 4.90 Å². The van der Waals surface area contributed by atoms with Gasteiger partial charge in [0, 0.05) is 18.0 Å². The van der Waals surface area contributed by atoms with E-state index in [1.165, 1.54) is 6.42 Å². The fourth-order valence-corrected chi connectivity index (χ4v) is 3.40. The minimum atomic E-state index is 0.0907. The second-order valence-electron chi connectivity index (χ2n) is 5.72. The molecule has 0 spiro atoms. The lowest BCUT2D eigenvalue weighted by molar-refractivity contribution is 0.0619. The fraction of sp³-hybridized carbons (Fsp3) is 0.562. The van der Waals surface area contributed by atoms with Gasteiger partial charge in [-0.2, -0.15) is 0 Å². The number of ether oxygens (including phenoxy) is 1. The molecule has 1 aromatic rings. The smallest absolute Gasteiger partial charge is 0.257 e. The summed E-state index contributed by atoms with van der Waals surface area (Å²) in [6, 6.07) is 5.81. The van der Waals surface area contributed by atoms with Gasteiger partial charge in [0.2, 0.25) is 0 Å². The van der Waals surface area contributed by atoms with Crippen LogP contribution in [-0.2, 0) is 0 Å². The number of amides is 1. The Labute approximate surface area is 125 Å². The Morgan fingerprint density at radius 2 is 1.95 bits per heavy atom. The molecule has 2 rings (SSSR count). The summed E-state index contributed by atoms with van der Waals surface area (Å²) in [7, 11) is 1.62. The lowest BCUT2D eigenvalue weighted by Gasteiger charge is -2.35. The van der Waals surface area contributed by atoms with E-state index in [0.717, 1.165) is 18.0 Å². The molecule has 1 aliphatic heterocycles. The molecule has 4 heteroatoms. The summed E-state index contributed by atoms with van der Waals surface area (Å²) in [6.07, 6.45) is 3.22. The molecule has 3 nitrogen and oxygen atoms in total. The zero-order chi connectivity index (χ0) is 14.7. The molecule has 1 amide bonds. The number of hydrogen-bond acceptors (Lipinski definition) is 3. The van der Waals surface area contributed by atoms with E-state index in [1.807, 2.05) is 29.4 Å². The zero-order valence-electron chi connectivity index (χ0n) is 12.7. The number of nitrogens with zero attached hydrogens (tertiary/aromatic N) is 1. The third kappa shape index (κ3) is 3.29. The monoisotopic (exact) mass is 293 g/mol. The summed E-state index contributed by atoms with van der Waals surface area (Å²) in [4.78, 5) is 15.8. The number of likely N-dealkylation sites (tertiary alicyclic amines) is 1. The Morgan fingerprint density at radius 1 is 1.30 bits per heavy atom. The molecular formula is C16H23NO2S. The lowest BCUT2D eigenvalue weighted by atomic mass is 9.91. The van der Waals surface area contributed by atoms with E-state index in [1.54, 1.807) is 18.9 Å². The zero-order valence-corrected chi connectivity index (χ0v) is 13.5. The molecule has 0 N–H and O–H groups in total. The van der Waals surface area contributed by atoms with Crippen molar-refractivity contribution in [3.63, 3.8) is 0 Å². The maximum Gasteiger partial charge on any atom is 0.257 e. The van der Waals surface area contributed by atoms with Crippen LogP contribution < -0.4 is 4.74 Å². The summed E-state index contributed by atoms with van der Waals surface area (Å²) in [5.74, 6) is 1.90. The molecule has 20 heavy (non-hydrogen) atoms. The molecular weight excluding hydrogens is 270 g/mol. The van der Waals surface area contributed by atoms with Crippen molar-refractivity contribution in [2.75, 3.05) is 26.5 Å². The van der Waals surface area contributed by atoms with Crippen LogP contribution >= 0.6 is 11.8 Å². The van der Waals surface area contributed by atoms with Crippen molar-refractivity contribution in [1.29, 1.82) is 0 Å². The van der Waals surface area contributed by atoms with Crippen LogP contribution in [0.2, 0.25) is 0 Å². The second-order valence-corrected chi connectivity index (χ2v) is 6.60. The van der Waals surface area contributed by atoms with E-state index in [-0.39, 0.29) is 5.91 Å². The summed E-state index contributed by atoms with van der Waals surface area (Å²) in [5.41, 5.74) is 0.673. The number of methoxy groups -OCH3 is 1. The van der Waals surface area contributed by atoms with Crippen LogP contribution in [0.5, 0.6) is 5.75 Å². The number of benzene rings is 1. The van der Waals surface area contributed by atoms with Gasteiger partial charge in [-0.05, 0) is 42.7 Å². The molecule has 0 aliphatic carbocycles. The molecule has 1 saturated heterocycles. The Morgan fingerprint density at radius 3 is 2.50 bits per heavy atom. The van der Waals surface area contributed by atoms with E-state index in [4.69, 9.17) is 4.74 Å². The predicted octanol–water partition coefficient (Wildman–Crippen LogP) is 3.54. The van der Waals surface area contributed by atoms with Crippen molar-refractivity contribution in [3.05, 3.63) is 23.8 Å². The Kier molecular flexibility index (Phi) is 4.97. The first-order valence-corrected chi connectivity index (χ1v) is 8.29. The summed E-state index contributed by atoms with van der Waals surface area (Å²) in [5, 5.41) is 0. The number of carbonyl (C=O) groups excluding carboxylic acids is 1. The normalized spacial score (nSPS) is 22.7. The highest BCUT2D eigenvalue weighted by Crippen LogP contribution is 2.28. The third-order valence-electron chi connectivity index (χ3n) is 3.80. The molecule has 1 aromatic carbocycles. The number of carbonyl (C=O) groups is 1. The predicted molar refractivity (Wildman–Crippen MR) is 83.6 cm³/mol. The summed E-state index contributed by atoms with van der Waals surface area (Å²) >= 11 is 1.65. The van der Waals surface area contributed by atoms with Crippen molar-refractivity contribution in [3.8, 4) is 5.75 Å². The standard InChI is InChI=1S/C16H23NO2S/c1-11-7-12(2)10-17(9-11)16(18)14-6-5-13(20-4)8-15(14)19-3/h5-6,8,11-12H,7,9-10H2,1-4H3. The van der Waals surface area contributed by atoms with Crippen molar-refractivity contribution in [2.24, 2.45) is 11.8 Å². The van der Waals surface area contributed by atoms with E-state index < -0.39 is 0 Å². The van der Waals surface area contributed by atoms with Gasteiger partial charge >= 0.3 is 0 Å². The van der Waals surface area contributed by atoms with Crippen LogP contribution in [0.1, 0.15) is 30.6 Å². The largest absolute Gasteiger partial charge is 0.496 e. The van der Waals surface area contributed by atoms with Gasteiger partial charge in [0.25, 0.3) is 5.91 Å². The fourth-order valence-electron chi connectivity index (χ4n) is 2.97. The van der Waals surface area contributed by atoms with E-state index in [0.29, 0.717) is 23.1 Å². The molecule has 2 atom stereocenters. The molecule has 1 heterocycles. The van der Waals surface area contributed by atoms with Crippen LogP contribution in [0.4, 0.5) is 0 Å². The van der Waals surface area contributed by atoms with Crippen LogP contribution in [0, 0.1) is 11.8 Å². The van der Waals surface area contributed by atoms with Gasteiger partial charge in [-0.15, -0.1) is 11.8 Å². The maximum absolute atomic E-state index is 12.7. The molecule has 1 aliphatic rings. The topological polar surface area (TPSA) is 29.5 Å². The lowest BCUT2D eigenvalue weighted by Crippen LogP contribution is -2.42. The van der Waals surface area contributed by atoms with Crippen LogP contribution in [0.25, 0.3) is 0 Å². The number of thioether (sulfide) groups is 1. The number of piperidine rings is 1. The van der Waals surface area contributed by atoms with E-state index in [2.05, 4.69) is 13.8 Å².